The van der Waals surface area contributed by atoms with Crippen molar-refractivity contribution < 1.29 is 5.21 Å². The minimum absolute atomic E-state index is 0.0842. The van der Waals surface area contributed by atoms with E-state index in [1.54, 1.807) is 5.48 Å². The molecule has 0 spiro atoms. The molecule has 0 rings (SSSR count). The molecule has 4 heteroatoms. The Morgan fingerprint density at radius 2 is 2.40 bits per heavy atom. The molecule has 0 heterocycles. The van der Waals surface area contributed by atoms with Gasteiger partial charge in [0.2, 0.25) is 5.96 Å². The second-order valence-corrected chi connectivity index (χ2v) is 2.26. The maximum absolute atomic E-state index is 8.25. The van der Waals surface area contributed by atoms with Crippen LogP contribution in [0.4, 0.5) is 0 Å². The minimum Gasteiger partial charge on any atom is -0.368 e. The molecule has 60 valence electrons. The molecule has 0 saturated carbocycles. The molecule has 0 fully saturated rings. The number of hydroxylamine groups is 1. The van der Waals surface area contributed by atoms with Crippen molar-refractivity contribution in [3.63, 3.8) is 0 Å². The Bertz CT molecular complexity index is 114. The van der Waals surface area contributed by atoms with Gasteiger partial charge >= 0.3 is 0 Å². The predicted molar refractivity (Wildman–Crippen MR) is 40.9 cm³/mol. The number of hydrogen-bond acceptors (Lipinski definition) is 2. The molecule has 0 saturated heterocycles. The molecule has 0 bridgehead atoms. The summed E-state index contributed by atoms with van der Waals surface area (Å²) in [6, 6.07) is 0.185. The molecule has 1 unspecified atom stereocenters. The van der Waals surface area contributed by atoms with E-state index in [1.165, 1.54) is 0 Å². The molecular formula is C6H15N3O. The fourth-order valence-electron chi connectivity index (χ4n) is 0.749. The summed E-state index contributed by atoms with van der Waals surface area (Å²) in [5.74, 6) is 0.0842. The van der Waals surface area contributed by atoms with Crippen molar-refractivity contribution in [2.75, 3.05) is 0 Å². The van der Waals surface area contributed by atoms with Gasteiger partial charge in [-0.2, -0.15) is 0 Å². The van der Waals surface area contributed by atoms with Gasteiger partial charge in [0.1, 0.15) is 0 Å². The smallest absolute Gasteiger partial charge is 0.213 e. The zero-order valence-electron chi connectivity index (χ0n) is 6.46. The first-order chi connectivity index (χ1) is 4.70. The van der Waals surface area contributed by atoms with Gasteiger partial charge in [-0.15, -0.1) is 0 Å². The van der Waals surface area contributed by atoms with Crippen LogP contribution >= 0.6 is 0 Å². The number of guanidine groups is 1. The fourth-order valence-corrected chi connectivity index (χ4v) is 0.749. The monoisotopic (exact) mass is 145 g/mol. The van der Waals surface area contributed by atoms with Crippen LogP contribution in [-0.4, -0.2) is 17.2 Å². The highest BCUT2D eigenvalue weighted by molar-refractivity contribution is 5.76. The summed E-state index contributed by atoms with van der Waals surface area (Å²) in [7, 11) is 0. The van der Waals surface area contributed by atoms with Gasteiger partial charge in [-0.3, -0.25) is 5.21 Å². The number of aliphatic imine (C=N–C) groups is 1. The number of nitrogens with one attached hydrogen (secondary N) is 1. The van der Waals surface area contributed by atoms with Crippen molar-refractivity contribution in [2.24, 2.45) is 10.7 Å². The van der Waals surface area contributed by atoms with Crippen LogP contribution in [0.3, 0.4) is 0 Å². The second kappa shape index (κ2) is 5.05. The number of rotatable bonds is 3. The Kier molecular flexibility index (Phi) is 4.66. The summed E-state index contributed by atoms with van der Waals surface area (Å²) in [5.41, 5.74) is 6.98. The molecule has 0 aliphatic heterocycles. The Labute approximate surface area is 61.1 Å². The van der Waals surface area contributed by atoms with Crippen LogP contribution in [-0.2, 0) is 0 Å². The number of nitrogens with two attached hydrogens (primary N) is 1. The molecule has 0 aromatic heterocycles. The van der Waals surface area contributed by atoms with Gasteiger partial charge in [-0.25, -0.2) is 10.5 Å². The van der Waals surface area contributed by atoms with E-state index in [-0.39, 0.29) is 12.0 Å². The highest BCUT2D eigenvalue weighted by atomic mass is 16.5. The fraction of sp³-hybridized carbons (Fsp3) is 0.833. The topological polar surface area (TPSA) is 70.6 Å². The lowest BCUT2D eigenvalue weighted by Crippen LogP contribution is -2.29. The summed E-state index contributed by atoms with van der Waals surface area (Å²) in [4.78, 5) is 3.92. The number of nitrogens with zero attached hydrogens (tertiary/aromatic N) is 1. The van der Waals surface area contributed by atoms with E-state index in [0.717, 1.165) is 12.8 Å². The van der Waals surface area contributed by atoms with Gasteiger partial charge in [0.25, 0.3) is 0 Å². The Morgan fingerprint density at radius 3 is 2.80 bits per heavy atom. The maximum atomic E-state index is 8.25. The van der Waals surface area contributed by atoms with Crippen LogP contribution in [0.15, 0.2) is 4.99 Å². The van der Waals surface area contributed by atoms with Crippen molar-refractivity contribution in [1.29, 1.82) is 0 Å². The highest BCUT2D eigenvalue weighted by Crippen LogP contribution is 1.98. The van der Waals surface area contributed by atoms with E-state index in [4.69, 9.17) is 10.9 Å². The van der Waals surface area contributed by atoms with Crippen molar-refractivity contribution in [3.05, 3.63) is 0 Å². The van der Waals surface area contributed by atoms with Crippen molar-refractivity contribution >= 4 is 5.96 Å². The van der Waals surface area contributed by atoms with Crippen LogP contribution in [0.5, 0.6) is 0 Å². The van der Waals surface area contributed by atoms with E-state index in [9.17, 15) is 0 Å². The molecular weight excluding hydrogens is 130 g/mol. The van der Waals surface area contributed by atoms with Crippen LogP contribution < -0.4 is 11.2 Å². The Balaban J connectivity index is 3.62. The SMILES string of the molecule is CCCC(C)N=C(N)NO. The molecule has 10 heavy (non-hydrogen) atoms. The van der Waals surface area contributed by atoms with Gasteiger partial charge in [0.05, 0.1) is 6.04 Å². The molecule has 4 nitrogen and oxygen atoms in total. The maximum Gasteiger partial charge on any atom is 0.213 e. The van der Waals surface area contributed by atoms with Crippen molar-refractivity contribution in [2.45, 2.75) is 32.7 Å². The molecule has 0 aromatic rings. The average Bonchev–Trinajstić information content (AvgIpc) is 1.88. The molecule has 0 aliphatic rings. The quantitative estimate of drug-likeness (QED) is 0.307. The van der Waals surface area contributed by atoms with Gasteiger partial charge < -0.3 is 5.73 Å². The molecule has 0 aliphatic carbocycles. The lowest BCUT2D eigenvalue weighted by Gasteiger charge is -2.04. The summed E-state index contributed by atoms with van der Waals surface area (Å²) in [6.07, 6.45) is 2.06. The lowest BCUT2D eigenvalue weighted by atomic mass is 10.2. The average molecular weight is 145 g/mol. The van der Waals surface area contributed by atoms with Crippen molar-refractivity contribution in [3.8, 4) is 0 Å². The lowest BCUT2D eigenvalue weighted by molar-refractivity contribution is 0.232. The van der Waals surface area contributed by atoms with E-state index in [0.29, 0.717) is 0 Å². The van der Waals surface area contributed by atoms with Gasteiger partial charge in [-0.05, 0) is 13.3 Å². The summed E-state index contributed by atoms with van der Waals surface area (Å²) >= 11 is 0. The van der Waals surface area contributed by atoms with E-state index < -0.39 is 0 Å². The first kappa shape index (κ1) is 9.23. The van der Waals surface area contributed by atoms with E-state index >= 15 is 0 Å². The zero-order valence-corrected chi connectivity index (χ0v) is 6.46. The largest absolute Gasteiger partial charge is 0.368 e. The second-order valence-electron chi connectivity index (χ2n) is 2.26. The van der Waals surface area contributed by atoms with Crippen LogP contribution in [0.2, 0.25) is 0 Å². The normalized spacial score (nSPS) is 14.9. The molecule has 0 radical (unpaired) electrons. The highest BCUT2D eigenvalue weighted by Gasteiger charge is 1.96. The van der Waals surface area contributed by atoms with Crippen LogP contribution in [0.1, 0.15) is 26.7 Å². The standard InChI is InChI=1S/C6H15N3O/c1-3-4-5(2)8-6(7)9-10/h5,10H,3-4H2,1-2H3,(H3,7,8,9). The Hall–Kier alpha value is -0.770. The first-order valence-corrected chi connectivity index (χ1v) is 3.44. The third-order valence-corrected chi connectivity index (χ3v) is 1.18. The first-order valence-electron chi connectivity index (χ1n) is 3.44. The van der Waals surface area contributed by atoms with E-state index in [2.05, 4.69) is 11.9 Å². The summed E-state index contributed by atoms with van der Waals surface area (Å²) in [6.45, 7) is 4.03. The third kappa shape index (κ3) is 4.14. The number of hydrogen-bond donors (Lipinski definition) is 3. The Morgan fingerprint density at radius 1 is 1.80 bits per heavy atom. The third-order valence-electron chi connectivity index (χ3n) is 1.18. The van der Waals surface area contributed by atoms with Gasteiger partial charge in [-0.1, -0.05) is 13.3 Å². The summed E-state index contributed by atoms with van der Waals surface area (Å²) < 4.78 is 0. The molecule has 1 atom stereocenters. The molecule has 4 N–H and O–H groups in total. The van der Waals surface area contributed by atoms with Gasteiger partial charge in [0.15, 0.2) is 0 Å². The summed E-state index contributed by atoms with van der Waals surface area (Å²) in [5, 5.41) is 8.25. The van der Waals surface area contributed by atoms with Crippen molar-refractivity contribution in [1.82, 2.24) is 5.48 Å². The zero-order chi connectivity index (χ0) is 7.98. The molecule has 0 amide bonds. The van der Waals surface area contributed by atoms with Crippen LogP contribution in [0.25, 0.3) is 0 Å². The van der Waals surface area contributed by atoms with E-state index in [1.807, 2.05) is 6.92 Å². The predicted octanol–water partition coefficient (Wildman–Crippen LogP) is 0.469. The molecule has 0 aromatic carbocycles. The van der Waals surface area contributed by atoms with Gasteiger partial charge in [0, 0.05) is 0 Å². The van der Waals surface area contributed by atoms with Crippen LogP contribution in [0, 0.1) is 0 Å². The minimum atomic E-state index is 0.0842.